The van der Waals surface area contributed by atoms with Gasteiger partial charge in [-0.05, 0) is 86.6 Å². The average molecular weight is 733 g/mol. The van der Waals surface area contributed by atoms with Gasteiger partial charge in [0.2, 0.25) is 5.89 Å². The predicted molar refractivity (Wildman–Crippen MR) is 235 cm³/mol. The molecule has 0 atom stereocenters. The molecule has 8 aromatic carbocycles. The fourth-order valence-electron chi connectivity index (χ4n) is 8.12. The van der Waals surface area contributed by atoms with Gasteiger partial charge in [-0.1, -0.05) is 152 Å². The zero-order chi connectivity index (χ0) is 37.0. The highest BCUT2D eigenvalue weighted by Gasteiger charge is 2.20. The van der Waals surface area contributed by atoms with E-state index in [0.29, 0.717) is 5.89 Å². The SMILES string of the molecule is c1ccc(-c2cc(-c3ccccc3)nc(-c3ccccc3-c3ccc4ccccc4c3-c3ccc4oc(-c5cccc6sc7ccccc7c56)nc4c3)c2)cc1. The summed E-state index contributed by atoms with van der Waals surface area (Å²) >= 11 is 1.80. The minimum absolute atomic E-state index is 0.633. The Balaban J connectivity index is 1.10. The van der Waals surface area contributed by atoms with Crippen LogP contribution in [0, 0.1) is 0 Å². The Morgan fingerprint density at radius 3 is 1.93 bits per heavy atom. The van der Waals surface area contributed by atoms with Crippen molar-refractivity contribution in [3.8, 4) is 67.3 Å². The first-order valence-corrected chi connectivity index (χ1v) is 19.6. The first kappa shape index (κ1) is 32.3. The molecule has 56 heavy (non-hydrogen) atoms. The minimum atomic E-state index is 0.633. The van der Waals surface area contributed by atoms with E-state index >= 15 is 0 Å². The lowest BCUT2D eigenvalue weighted by atomic mass is 9.87. The van der Waals surface area contributed by atoms with Crippen LogP contribution in [0.3, 0.4) is 0 Å². The van der Waals surface area contributed by atoms with E-state index in [4.69, 9.17) is 14.4 Å². The molecular weight excluding hydrogens is 701 g/mol. The molecule has 0 spiro atoms. The molecule has 3 nitrogen and oxygen atoms in total. The molecule has 0 amide bonds. The summed E-state index contributed by atoms with van der Waals surface area (Å²) in [5.41, 5.74) is 13.4. The quantitative estimate of drug-likeness (QED) is 0.171. The summed E-state index contributed by atoms with van der Waals surface area (Å²) in [5.74, 6) is 0.633. The molecular formula is C52H32N2OS. The molecule has 0 aliphatic carbocycles. The molecule has 3 heterocycles. The number of rotatable bonds is 6. The van der Waals surface area contributed by atoms with Crippen molar-refractivity contribution in [2.75, 3.05) is 0 Å². The summed E-state index contributed by atoms with van der Waals surface area (Å²) in [5, 5.41) is 4.77. The molecule has 0 radical (unpaired) electrons. The fraction of sp³-hybridized carbons (Fsp3) is 0. The maximum absolute atomic E-state index is 6.53. The number of hydrogen-bond acceptors (Lipinski definition) is 4. The number of aromatic nitrogens is 2. The Morgan fingerprint density at radius 2 is 1.07 bits per heavy atom. The molecule has 0 fully saturated rings. The first-order valence-electron chi connectivity index (χ1n) is 18.8. The van der Waals surface area contributed by atoms with Gasteiger partial charge in [-0.3, -0.25) is 0 Å². The average Bonchev–Trinajstić information content (AvgIpc) is 3.88. The van der Waals surface area contributed by atoms with Crippen molar-refractivity contribution < 1.29 is 4.42 Å². The molecule has 0 saturated heterocycles. The van der Waals surface area contributed by atoms with Gasteiger partial charge in [0.05, 0.1) is 11.4 Å². The molecule has 3 aromatic heterocycles. The van der Waals surface area contributed by atoms with Crippen LogP contribution < -0.4 is 0 Å². The molecule has 262 valence electrons. The van der Waals surface area contributed by atoms with Gasteiger partial charge in [-0.25, -0.2) is 9.97 Å². The summed E-state index contributed by atoms with van der Waals surface area (Å²) in [6, 6.07) is 68.6. The van der Waals surface area contributed by atoms with Crippen LogP contribution >= 0.6 is 11.3 Å². The monoisotopic (exact) mass is 732 g/mol. The smallest absolute Gasteiger partial charge is 0.227 e. The largest absolute Gasteiger partial charge is 0.436 e. The van der Waals surface area contributed by atoms with E-state index in [1.54, 1.807) is 11.3 Å². The van der Waals surface area contributed by atoms with Crippen molar-refractivity contribution in [2.45, 2.75) is 0 Å². The van der Waals surface area contributed by atoms with Crippen molar-refractivity contribution in [2.24, 2.45) is 0 Å². The Bertz CT molecular complexity index is 3190. The molecule has 4 heteroatoms. The highest BCUT2D eigenvalue weighted by atomic mass is 32.1. The highest BCUT2D eigenvalue weighted by molar-refractivity contribution is 7.25. The Morgan fingerprint density at radius 1 is 0.393 bits per heavy atom. The van der Waals surface area contributed by atoms with Crippen LogP contribution in [0.4, 0.5) is 0 Å². The van der Waals surface area contributed by atoms with Gasteiger partial charge in [-0.15, -0.1) is 11.3 Å². The molecule has 0 aliphatic rings. The Hall–Kier alpha value is -7.14. The Labute approximate surface area is 327 Å². The molecule has 11 aromatic rings. The zero-order valence-corrected chi connectivity index (χ0v) is 31.0. The lowest BCUT2D eigenvalue weighted by Crippen LogP contribution is -1.95. The van der Waals surface area contributed by atoms with Gasteiger partial charge in [0.15, 0.2) is 5.58 Å². The number of thiophene rings is 1. The van der Waals surface area contributed by atoms with Crippen molar-refractivity contribution in [1.29, 1.82) is 0 Å². The molecule has 0 N–H and O–H groups in total. The van der Waals surface area contributed by atoms with Gasteiger partial charge >= 0.3 is 0 Å². The van der Waals surface area contributed by atoms with Crippen LogP contribution in [0.25, 0.3) is 109 Å². The number of pyridine rings is 1. The van der Waals surface area contributed by atoms with Gasteiger partial charge < -0.3 is 4.42 Å². The van der Waals surface area contributed by atoms with Gasteiger partial charge in [0, 0.05) is 36.9 Å². The second-order valence-electron chi connectivity index (χ2n) is 14.1. The van der Waals surface area contributed by atoms with E-state index in [1.165, 1.54) is 30.9 Å². The third-order valence-electron chi connectivity index (χ3n) is 10.7. The van der Waals surface area contributed by atoms with Gasteiger partial charge in [0.25, 0.3) is 0 Å². The number of oxazole rings is 1. The van der Waals surface area contributed by atoms with E-state index in [9.17, 15) is 0 Å². The fourth-order valence-corrected chi connectivity index (χ4v) is 9.25. The predicted octanol–water partition coefficient (Wildman–Crippen LogP) is 14.7. The van der Waals surface area contributed by atoms with E-state index < -0.39 is 0 Å². The summed E-state index contributed by atoms with van der Waals surface area (Å²) in [6.45, 7) is 0. The number of nitrogens with zero attached hydrogens (tertiary/aromatic N) is 2. The third kappa shape index (κ3) is 5.50. The van der Waals surface area contributed by atoms with Crippen LogP contribution in [-0.4, -0.2) is 9.97 Å². The van der Waals surface area contributed by atoms with E-state index in [1.807, 2.05) is 6.07 Å². The maximum atomic E-state index is 6.53. The normalized spacial score (nSPS) is 11.6. The van der Waals surface area contributed by atoms with Gasteiger partial charge in [0.1, 0.15) is 5.52 Å². The molecule has 0 unspecified atom stereocenters. The topological polar surface area (TPSA) is 38.9 Å². The summed E-state index contributed by atoms with van der Waals surface area (Å²) < 4.78 is 9.02. The van der Waals surface area contributed by atoms with Crippen molar-refractivity contribution in [3.05, 3.63) is 194 Å². The van der Waals surface area contributed by atoms with Crippen molar-refractivity contribution in [1.82, 2.24) is 9.97 Å². The van der Waals surface area contributed by atoms with E-state index in [-0.39, 0.29) is 0 Å². The molecule has 0 aliphatic heterocycles. The molecule has 11 rings (SSSR count). The molecule has 0 bridgehead atoms. The minimum Gasteiger partial charge on any atom is -0.436 e. The van der Waals surface area contributed by atoms with Crippen LogP contribution in [0.2, 0.25) is 0 Å². The zero-order valence-electron chi connectivity index (χ0n) is 30.2. The van der Waals surface area contributed by atoms with Crippen LogP contribution in [-0.2, 0) is 0 Å². The second-order valence-corrected chi connectivity index (χ2v) is 15.2. The van der Waals surface area contributed by atoms with Crippen LogP contribution in [0.5, 0.6) is 0 Å². The summed E-state index contributed by atoms with van der Waals surface area (Å²) in [4.78, 5) is 10.5. The van der Waals surface area contributed by atoms with Gasteiger partial charge in [-0.2, -0.15) is 0 Å². The lowest BCUT2D eigenvalue weighted by Gasteiger charge is -2.18. The summed E-state index contributed by atoms with van der Waals surface area (Å²) in [7, 11) is 0. The van der Waals surface area contributed by atoms with E-state index in [0.717, 1.165) is 72.6 Å². The van der Waals surface area contributed by atoms with Crippen LogP contribution in [0.15, 0.2) is 199 Å². The Kier molecular flexibility index (Phi) is 7.68. The number of fused-ring (bicyclic) bond motifs is 5. The third-order valence-corrected chi connectivity index (χ3v) is 11.9. The second kappa shape index (κ2) is 13.3. The lowest BCUT2D eigenvalue weighted by molar-refractivity contribution is 0.620. The number of hydrogen-bond donors (Lipinski definition) is 0. The maximum Gasteiger partial charge on any atom is 0.227 e. The van der Waals surface area contributed by atoms with E-state index in [2.05, 4.69) is 188 Å². The highest BCUT2D eigenvalue weighted by Crippen LogP contribution is 2.44. The molecule has 0 saturated carbocycles. The number of benzene rings is 8. The summed E-state index contributed by atoms with van der Waals surface area (Å²) in [6.07, 6.45) is 0. The van der Waals surface area contributed by atoms with Crippen molar-refractivity contribution >= 4 is 53.4 Å². The van der Waals surface area contributed by atoms with Crippen LogP contribution in [0.1, 0.15) is 0 Å². The standard InChI is InChI=1S/C52H32N2OS/c1-3-14-33(15-4-1)37-31-44(35-17-5-2-6-18-35)53-45(32-37)40-21-10-9-20-39(40)41-28-26-34-16-7-8-19-38(34)50(41)36-27-29-47-46(30-36)54-52(55-47)43-23-13-25-49-51(43)42-22-11-12-24-48(42)56-49/h1-32H. The first-order chi connectivity index (χ1) is 27.7. The van der Waals surface area contributed by atoms with Crippen molar-refractivity contribution in [3.63, 3.8) is 0 Å².